The molecule has 112 valence electrons. The van der Waals surface area contributed by atoms with Gasteiger partial charge in [-0.1, -0.05) is 6.42 Å². The lowest BCUT2D eigenvalue weighted by Crippen LogP contribution is -2.28. The van der Waals surface area contributed by atoms with Crippen LogP contribution in [0.15, 0.2) is 18.2 Å². The van der Waals surface area contributed by atoms with Gasteiger partial charge in [0.05, 0.1) is 28.9 Å². The molecule has 2 heterocycles. The SMILES string of the molecule is CCOC(=O)c1ccc2nc(CN3CCCCC3)sc2c1. The predicted molar refractivity (Wildman–Crippen MR) is 84.7 cm³/mol. The van der Waals surface area contributed by atoms with Gasteiger partial charge in [-0.2, -0.15) is 0 Å². The van der Waals surface area contributed by atoms with Crippen molar-refractivity contribution in [2.45, 2.75) is 32.7 Å². The molecule has 4 nitrogen and oxygen atoms in total. The molecule has 1 aliphatic heterocycles. The number of thiazole rings is 1. The van der Waals surface area contributed by atoms with Crippen LogP contribution in [-0.4, -0.2) is 35.5 Å². The van der Waals surface area contributed by atoms with Crippen molar-refractivity contribution in [3.05, 3.63) is 28.8 Å². The van der Waals surface area contributed by atoms with Crippen molar-refractivity contribution >= 4 is 27.5 Å². The van der Waals surface area contributed by atoms with E-state index in [1.165, 1.54) is 32.4 Å². The van der Waals surface area contributed by atoms with Crippen molar-refractivity contribution in [1.29, 1.82) is 0 Å². The number of benzene rings is 1. The van der Waals surface area contributed by atoms with Gasteiger partial charge in [0.25, 0.3) is 0 Å². The number of hydrogen-bond acceptors (Lipinski definition) is 5. The van der Waals surface area contributed by atoms with Crippen LogP contribution in [0.4, 0.5) is 0 Å². The quantitative estimate of drug-likeness (QED) is 0.811. The summed E-state index contributed by atoms with van der Waals surface area (Å²) in [6, 6.07) is 5.60. The van der Waals surface area contributed by atoms with E-state index >= 15 is 0 Å². The van der Waals surface area contributed by atoms with Gasteiger partial charge in [0, 0.05) is 0 Å². The van der Waals surface area contributed by atoms with Gasteiger partial charge < -0.3 is 4.74 Å². The summed E-state index contributed by atoms with van der Waals surface area (Å²) in [7, 11) is 0. The largest absolute Gasteiger partial charge is 0.462 e. The Morgan fingerprint density at radius 1 is 1.33 bits per heavy atom. The molecule has 5 heteroatoms. The van der Waals surface area contributed by atoms with Crippen molar-refractivity contribution in [2.75, 3.05) is 19.7 Å². The Kier molecular flexibility index (Phi) is 4.51. The van der Waals surface area contributed by atoms with E-state index in [0.29, 0.717) is 12.2 Å². The summed E-state index contributed by atoms with van der Waals surface area (Å²) in [5, 5.41) is 1.13. The maximum Gasteiger partial charge on any atom is 0.338 e. The lowest BCUT2D eigenvalue weighted by atomic mass is 10.1. The van der Waals surface area contributed by atoms with Gasteiger partial charge in [-0.05, 0) is 51.1 Å². The normalized spacial score (nSPS) is 16.2. The lowest BCUT2D eigenvalue weighted by Gasteiger charge is -2.25. The van der Waals surface area contributed by atoms with Crippen molar-refractivity contribution in [3.63, 3.8) is 0 Å². The first-order chi connectivity index (χ1) is 10.3. The molecule has 0 N–H and O–H groups in total. The van der Waals surface area contributed by atoms with Crippen molar-refractivity contribution in [1.82, 2.24) is 9.88 Å². The van der Waals surface area contributed by atoms with Crippen molar-refractivity contribution in [2.24, 2.45) is 0 Å². The summed E-state index contributed by atoms with van der Waals surface area (Å²) < 4.78 is 6.10. The van der Waals surface area contributed by atoms with Gasteiger partial charge in [0.1, 0.15) is 5.01 Å². The van der Waals surface area contributed by atoms with Crippen molar-refractivity contribution in [3.8, 4) is 0 Å². The van der Waals surface area contributed by atoms with Crippen molar-refractivity contribution < 1.29 is 9.53 Å². The number of carbonyl (C=O) groups excluding carboxylic acids is 1. The minimum absolute atomic E-state index is 0.259. The van der Waals surface area contributed by atoms with Crippen LogP contribution in [0, 0.1) is 0 Å². The molecule has 2 aromatic rings. The smallest absolute Gasteiger partial charge is 0.338 e. The first-order valence-corrected chi connectivity index (χ1v) is 8.37. The van der Waals surface area contributed by atoms with E-state index in [1.807, 2.05) is 19.1 Å². The molecule has 0 radical (unpaired) electrons. The van der Waals surface area contributed by atoms with Gasteiger partial charge in [-0.15, -0.1) is 11.3 Å². The number of hydrogen-bond donors (Lipinski definition) is 0. The number of rotatable bonds is 4. The Hall–Kier alpha value is -1.46. The first-order valence-electron chi connectivity index (χ1n) is 7.55. The Labute approximate surface area is 128 Å². The van der Waals surface area contributed by atoms with Crippen LogP contribution in [0.2, 0.25) is 0 Å². The molecule has 0 saturated carbocycles. The summed E-state index contributed by atoms with van der Waals surface area (Å²) >= 11 is 1.68. The fourth-order valence-corrected chi connectivity index (χ4v) is 3.74. The number of nitrogens with zero attached hydrogens (tertiary/aromatic N) is 2. The molecule has 0 bridgehead atoms. The summed E-state index contributed by atoms with van der Waals surface area (Å²) in [6.45, 7) is 5.49. The van der Waals surface area contributed by atoms with Crippen LogP contribution < -0.4 is 0 Å². The molecule has 0 unspecified atom stereocenters. The second-order valence-corrected chi connectivity index (χ2v) is 6.46. The third kappa shape index (κ3) is 3.41. The number of ether oxygens (including phenoxy) is 1. The molecule has 21 heavy (non-hydrogen) atoms. The molecule has 1 aromatic heterocycles. The minimum atomic E-state index is -0.259. The number of piperidine rings is 1. The van der Waals surface area contributed by atoms with E-state index in [1.54, 1.807) is 17.4 Å². The molecule has 1 aliphatic rings. The molecule has 0 atom stereocenters. The maximum atomic E-state index is 11.8. The third-order valence-corrected chi connectivity index (χ3v) is 4.75. The second kappa shape index (κ2) is 6.54. The fraction of sp³-hybridized carbons (Fsp3) is 0.500. The molecular weight excluding hydrogens is 284 g/mol. The zero-order valence-corrected chi connectivity index (χ0v) is 13.1. The van der Waals surface area contributed by atoms with Crippen LogP contribution in [0.5, 0.6) is 0 Å². The van der Waals surface area contributed by atoms with Crippen LogP contribution in [0.25, 0.3) is 10.2 Å². The number of likely N-dealkylation sites (tertiary alicyclic amines) is 1. The maximum absolute atomic E-state index is 11.8. The average Bonchev–Trinajstić information content (AvgIpc) is 2.89. The van der Waals surface area contributed by atoms with Gasteiger partial charge >= 0.3 is 5.97 Å². The van der Waals surface area contributed by atoms with E-state index in [4.69, 9.17) is 4.74 Å². The van der Waals surface area contributed by atoms with Gasteiger partial charge in [-0.3, -0.25) is 4.90 Å². The monoisotopic (exact) mass is 304 g/mol. The standard InChI is InChI=1S/C16H20N2O2S/c1-2-20-16(19)12-6-7-13-14(10-12)21-15(17-13)11-18-8-4-3-5-9-18/h6-7,10H,2-5,8-9,11H2,1H3. The number of aromatic nitrogens is 1. The Bertz CT molecular complexity index is 632. The zero-order chi connectivity index (χ0) is 14.7. The summed E-state index contributed by atoms with van der Waals surface area (Å²) in [4.78, 5) is 18.9. The van der Waals surface area contributed by atoms with Crippen LogP contribution in [0.3, 0.4) is 0 Å². The Balaban J connectivity index is 1.77. The molecule has 0 aliphatic carbocycles. The van der Waals surface area contributed by atoms with Crippen LogP contribution in [-0.2, 0) is 11.3 Å². The number of carbonyl (C=O) groups is 1. The molecule has 3 rings (SSSR count). The van der Waals surface area contributed by atoms with Gasteiger partial charge in [0.15, 0.2) is 0 Å². The van der Waals surface area contributed by atoms with E-state index in [-0.39, 0.29) is 5.97 Å². The minimum Gasteiger partial charge on any atom is -0.462 e. The zero-order valence-electron chi connectivity index (χ0n) is 12.3. The number of fused-ring (bicyclic) bond motifs is 1. The first kappa shape index (κ1) is 14.5. The van der Waals surface area contributed by atoms with Gasteiger partial charge in [0.2, 0.25) is 0 Å². The molecule has 1 fully saturated rings. The molecule has 1 saturated heterocycles. The van der Waals surface area contributed by atoms with Crippen LogP contribution >= 0.6 is 11.3 Å². The predicted octanol–water partition coefficient (Wildman–Crippen LogP) is 3.46. The molecular formula is C16H20N2O2S. The highest BCUT2D eigenvalue weighted by molar-refractivity contribution is 7.18. The third-order valence-electron chi connectivity index (χ3n) is 3.75. The highest BCUT2D eigenvalue weighted by atomic mass is 32.1. The van der Waals surface area contributed by atoms with E-state index < -0.39 is 0 Å². The lowest BCUT2D eigenvalue weighted by molar-refractivity contribution is 0.0526. The summed E-state index contributed by atoms with van der Waals surface area (Å²) in [5.74, 6) is -0.259. The Morgan fingerprint density at radius 3 is 2.90 bits per heavy atom. The van der Waals surface area contributed by atoms with E-state index in [9.17, 15) is 4.79 Å². The average molecular weight is 304 g/mol. The highest BCUT2D eigenvalue weighted by Gasteiger charge is 2.14. The van der Waals surface area contributed by atoms with E-state index in [2.05, 4.69) is 9.88 Å². The molecule has 1 aromatic carbocycles. The second-order valence-electron chi connectivity index (χ2n) is 5.35. The summed E-state index contributed by atoms with van der Waals surface area (Å²) in [5.41, 5.74) is 1.58. The Morgan fingerprint density at radius 2 is 2.14 bits per heavy atom. The van der Waals surface area contributed by atoms with Gasteiger partial charge in [-0.25, -0.2) is 9.78 Å². The summed E-state index contributed by atoms with van der Waals surface area (Å²) in [6.07, 6.45) is 3.93. The molecule has 0 spiro atoms. The topological polar surface area (TPSA) is 42.4 Å². The van der Waals surface area contributed by atoms with Crippen LogP contribution in [0.1, 0.15) is 41.6 Å². The number of esters is 1. The van der Waals surface area contributed by atoms with E-state index in [0.717, 1.165) is 21.8 Å². The fourth-order valence-electron chi connectivity index (χ4n) is 2.69. The highest BCUT2D eigenvalue weighted by Crippen LogP contribution is 2.25. The molecule has 0 amide bonds.